The Bertz CT molecular complexity index is 1060. The SMILES string of the molecule is CCNC(=S)NNC(=O)COc1ccc2c(C(=O)OCC)c3ccccn3c2c1. The van der Waals surface area contributed by atoms with Gasteiger partial charge in [-0.25, -0.2) is 4.79 Å². The number of nitrogens with one attached hydrogen (secondary N) is 3. The van der Waals surface area contributed by atoms with Gasteiger partial charge in [-0.1, -0.05) is 6.07 Å². The first-order chi connectivity index (χ1) is 14.0. The van der Waals surface area contributed by atoms with Crippen LogP contribution in [-0.2, 0) is 9.53 Å². The van der Waals surface area contributed by atoms with Crippen molar-refractivity contribution in [3.05, 3.63) is 48.2 Å². The van der Waals surface area contributed by atoms with Crippen LogP contribution in [0, 0.1) is 0 Å². The van der Waals surface area contributed by atoms with E-state index in [1.165, 1.54) is 0 Å². The molecule has 0 aliphatic carbocycles. The maximum atomic E-state index is 12.5. The molecular formula is C20H22N4O4S. The van der Waals surface area contributed by atoms with Crippen LogP contribution in [0.25, 0.3) is 16.4 Å². The zero-order valence-corrected chi connectivity index (χ0v) is 17.0. The Morgan fingerprint density at radius 2 is 1.93 bits per heavy atom. The van der Waals surface area contributed by atoms with E-state index >= 15 is 0 Å². The molecule has 0 unspecified atom stereocenters. The monoisotopic (exact) mass is 414 g/mol. The maximum absolute atomic E-state index is 12.5. The number of aromatic nitrogens is 1. The van der Waals surface area contributed by atoms with Crippen LogP contribution in [0.15, 0.2) is 42.6 Å². The molecule has 1 aromatic carbocycles. The van der Waals surface area contributed by atoms with Crippen LogP contribution >= 0.6 is 12.2 Å². The van der Waals surface area contributed by atoms with Gasteiger partial charge in [-0.2, -0.15) is 0 Å². The zero-order valence-electron chi connectivity index (χ0n) is 16.2. The molecule has 0 bridgehead atoms. The highest BCUT2D eigenvalue weighted by Gasteiger charge is 2.19. The molecule has 1 amide bonds. The summed E-state index contributed by atoms with van der Waals surface area (Å²) in [5, 5.41) is 3.94. The van der Waals surface area contributed by atoms with E-state index in [0.29, 0.717) is 29.6 Å². The quantitative estimate of drug-likeness (QED) is 0.323. The Morgan fingerprint density at radius 1 is 1.10 bits per heavy atom. The second kappa shape index (κ2) is 9.24. The molecule has 3 N–H and O–H groups in total. The molecule has 0 spiro atoms. The number of carbonyl (C=O) groups is 2. The fourth-order valence-corrected chi connectivity index (χ4v) is 3.14. The molecule has 152 valence electrons. The number of carbonyl (C=O) groups excluding carboxylic acids is 2. The van der Waals surface area contributed by atoms with Gasteiger partial charge >= 0.3 is 5.97 Å². The van der Waals surface area contributed by atoms with Crippen LogP contribution in [-0.4, -0.2) is 41.1 Å². The van der Waals surface area contributed by atoms with Crippen molar-refractivity contribution in [2.45, 2.75) is 13.8 Å². The van der Waals surface area contributed by atoms with E-state index in [1.807, 2.05) is 35.7 Å². The van der Waals surface area contributed by atoms with Crippen molar-refractivity contribution < 1.29 is 19.1 Å². The summed E-state index contributed by atoms with van der Waals surface area (Å²) in [6, 6.07) is 10.9. The molecule has 0 saturated heterocycles. The predicted molar refractivity (Wildman–Crippen MR) is 114 cm³/mol. The molecule has 3 rings (SSSR count). The average molecular weight is 414 g/mol. The molecule has 0 aliphatic rings. The van der Waals surface area contributed by atoms with Gasteiger partial charge in [0.25, 0.3) is 5.91 Å². The third-order valence-corrected chi connectivity index (χ3v) is 4.36. The molecule has 0 radical (unpaired) electrons. The number of amides is 1. The van der Waals surface area contributed by atoms with Gasteiger partial charge in [-0.15, -0.1) is 0 Å². The number of esters is 1. The maximum Gasteiger partial charge on any atom is 0.340 e. The average Bonchev–Trinajstić information content (AvgIpc) is 3.05. The second-order valence-electron chi connectivity index (χ2n) is 6.05. The Morgan fingerprint density at radius 3 is 2.69 bits per heavy atom. The van der Waals surface area contributed by atoms with E-state index in [-0.39, 0.29) is 18.5 Å². The van der Waals surface area contributed by atoms with Crippen molar-refractivity contribution in [2.24, 2.45) is 0 Å². The van der Waals surface area contributed by atoms with Gasteiger partial charge in [0.1, 0.15) is 5.75 Å². The van der Waals surface area contributed by atoms with Crippen LogP contribution in [0.5, 0.6) is 5.75 Å². The van der Waals surface area contributed by atoms with Gasteiger partial charge in [0.2, 0.25) is 0 Å². The van der Waals surface area contributed by atoms with Gasteiger partial charge in [-0.05, 0) is 50.3 Å². The summed E-state index contributed by atoms with van der Waals surface area (Å²) in [5.41, 5.74) is 7.08. The molecule has 0 saturated carbocycles. The minimum absolute atomic E-state index is 0.193. The molecule has 29 heavy (non-hydrogen) atoms. The molecular weight excluding hydrogens is 392 g/mol. The van der Waals surface area contributed by atoms with Crippen molar-refractivity contribution in [3.63, 3.8) is 0 Å². The number of rotatable bonds is 6. The Hall–Kier alpha value is -3.33. The lowest BCUT2D eigenvalue weighted by Crippen LogP contribution is -2.48. The van der Waals surface area contributed by atoms with Gasteiger partial charge < -0.3 is 19.2 Å². The Labute approximate surface area is 173 Å². The topological polar surface area (TPSA) is 93.1 Å². The summed E-state index contributed by atoms with van der Waals surface area (Å²) in [7, 11) is 0. The van der Waals surface area contributed by atoms with E-state index in [0.717, 1.165) is 16.4 Å². The number of hydrogen-bond acceptors (Lipinski definition) is 5. The number of benzene rings is 1. The molecule has 0 fully saturated rings. The van der Waals surface area contributed by atoms with Gasteiger partial charge in [0, 0.05) is 24.2 Å². The largest absolute Gasteiger partial charge is 0.484 e. The van der Waals surface area contributed by atoms with Crippen molar-refractivity contribution in [1.82, 2.24) is 20.6 Å². The first-order valence-electron chi connectivity index (χ1n) is 9.20. The number of nitrogens with zero attached hydrogens (tertiary/aromatic N) is 1. The van der Waals surface area contributed by atoms with Crippen molar-refractivity contribution in [1.29, 1.82) is 0 Å². The first kappa shape index (κ1) is 20.4. The summed E-state index contributed by atoms with van der Waals surface area (Å²) >= 11 is 4.97. The van der Waals surface area contributed by atoms with Crippen LogP contribution in [0.3, 0.4) is 0 Å². The lowest BCUT2D eigenvalue weighted by atomic mass is 10.1. The smallest absolute Gasteiger partial charge is 0.340 e. The molecule has 0 aliphatic heterocycles. The van der Waals surface area contributed by atoms with E-state index < -0.39 is 0 Å². The van der Waals surface area contributed by atoms with Crippen molar-refractivity contribution in [2.75, 3.05) is 19.8 Å². The van der Waals surface area contributed by atoms with Crippen LogP contribution in [0.1, 0.15) is 24.2 Å². The number of fused-ring (bicyclic) bond motifs is 3. The van der Waals surface area contributed by atoms with Gasteiger partial charge in [-0.3, -0.25) is 15.6 Å². The van der Waals surface area contributed by atoms with E-state index in [1.54, 1.807) is 25.1 Å². The summed E-state index contributed by atoms with van der Waals surface area (Å²) in [6.45, 7) is 4.42. The normalized spacial score (nSPS) is 10.6. The van der Waals surface area contributed by atoms with Gasteiger partial charge in [0.05, 0.1) is 23.2 Å². The minimum Gasteiger partial charge on any atom is -0.484 e. The fourth-order valence-electron chi connectivity index (χ4n) is 2.94. The van der Waals surface area contributed by atoms with Crippen LogP contribution < -0.4 is 20.9 Å². The molecule has 0 atom stereocenters. The Kier molecular flexibility index (Phi) is 6.50. The number of hydrogen-bond donors (Lipinski definition) is 3. The molecule has 2 heterocycles. The number of pyridine rings is 1. The first-order valence-corrected chi connectivity index (χ1v) is 9.61. The highest BCUT2D eigenvalue weighted by molar-refractivity contribution is 7.80. The molecule has 2 aromatic heterocycles. The Balaban J connectivity index is 1.80. The lowest BCUT2D eigenvalue weighted by Gasteiger charge is -2.11. The fraction of sp³-hybridized carbons (Fsp3) is 0.250. The third-order valence-electron chi connectivity index (χ3n) is 4.12. The van der Waals surface area contributed by atoms with Gasteiger partial charge in [0.15, 0.2) is 11.7 Å². The van der Waals surface area contributed by atoms with Crippen molar-refractivity contribution in [3.8, 4) is 5.75 Å². The predicted octanol–water partition coefficient (Wildman–Crippen LogP) is 2.16. The summed E-state index contributed by atoms with van der Waals surface area (Å²) in [5.74, 6) is -0.250. The minimum atomic E-state index is -0.377. The van der Waals surface area contributed by atoms with Crippen LogP contribution in [0.2, 0.25) is 0 Å². The highest BCUT2D eigenvalue weighted by Crippen LogP contribution is 2.30. The summed E-state index contributed by atoms with van der Waals surface area (Å²) in [4.78, 5) is 24.4. The lowest BCUT2D eigenvalue weighted by molar-refractivity contribution is -0.123. The van der Waals surface area contributed by atoms with Crippen molar-refractivity contribution >= 4 is 45.6 Å². The summed E-state index contributed by atoms with van der Waals surface area (Å²) in [6.07, 6.45) is 1.86. The summed E-state index contributed by atoms with van der Waals surface area (Å²) < 4.78 is 12.7. The van der Waals surface area contributed by atoms with E-state index in [4.69, 9.17) is 21.7 Å². The molecule has 3 aromatic rings. The third kappa shape index (κ3) is 4.57. The van der Waals surface area contributed by atoms with E-state index in [2.05, 4.69) is 16.2 Å². The molecule has 8 nitrogen and oxygen atoms in total. The number of hydrazine groups is 1. The zero-order chi connectivity index (χ0) is 20.8. The van der Waals surface area contributed by atoms with Crippen LogP contribution in [0.4, 0.5) is 0 Å². The standard InChI is InChI=1S/C20H22N4O4S/c1-3-21-20(29)23-22-17(25)12-28-13-8-9-14-16(11-13)24-10-6-5-7-15(24)18(14)19(26)27-4-2/h5-11H,3-4,12H2,1-2H3,(H,22,25)(H2,21,23,29). The highest BCUT2D eigenvalue weighted by atomic mass is 32.1. The van der Waals surface area contributed by atoms with E-state index in [9.17, 15) is 9.59 Å². The second-order valence-corrected chi connectivity index (χ2v) is 6.46. The molecule has 9 heteroatoms. The number of ether oxygens (including phenoxy) is 2. The number of thiocarbonyl (C=S) groups is 1.